The summed E-state index contributed by atoms with van der Waals surface area (Å²) < 4.78 is 15.0. The van der Waals surface area contributed by atoms with Gasteiger partial charge in [0.25, 0.3) is 0 Å². The molecule has 0 aromatic heterocycles. The van der Waals surface area contributed by atoms with Crippen LogP contribution in [-0.4, -0.2) is 0 Å². The largest absolute Gasteiger partial charge is 0.206 e. The van der Waals surface area contributed by atoms with E-state index in [1.807, 2.05) is 24.3 Å². The third-order valence-corrected chi connectivity index (χ3v) is 6.07. The van der Waals surface area contributed by atoms with Crippen molar-refractivity contribution in [3.63, 3.8) is 0 Å². The van der Waals surface area contributed by atoms with Crippen molar-refractivity contribution in [1.82, 2.24) is 0 Å². The minimum atomic E-state index is -0.196. The molecule has 0 saturated carbocycles. The number of benzene rings is 5. The fraction of sp³-hybridized carbons (Fsp3) is 0.0968. The predicted molar refractivity (Wildman–Crippen MR) is 134 cm³/mol. The van der Waals surface area contributed by atoms with Crippen molar-refractivity contribution in [2.24, 2.45) is 0 Å². The molecule has 0 saturated heterocycles. The van der Waals surface area contributed by atoms with E-state index in [9.17, 15) is 0 Å². The van der Waals surface area contributed by atoms with E-state index in [0.29, 0.717) is 5.56 Å². The Morgan fingerprint density at radius 3 is 1.78 bits per heavy atom. The standard InChI is InChI=1S/C31H25F/c1-2-5-22-8-10-24(11-9-22)29-18-19-30(31(32)21-29)26-15-12-25(13-16-26)28-17-14-23-6-3-4-7-27(23)20-28/h3-4,6-21H,2,5H2,1H3. The fourth-order valence-electron chi connectivity index (χ4n) is 4.29. The summed E-state index contributed by atoms with van der Waals surface area (Å²) in [6.45, 7) is 2.18. The molecule has 5 rings (SSSR count). The molecule has 0 aliphatic heterocycles. The van der Waals surface area contributed by atoms with Gasteiger partial charge in [-0.1, -0.05) is 110 Å². The Morgan fingerprint density at radius 2 is 1.09 bits per heavy atom. The van der Waals surface area contributed by atoms with Crippen LogP contribution in [0.1, 0.15) is 18.9 Å². The summed E-state index contributed by atoms with van der Waals surface area (Å²) in [6, 6.07) is 36.9. The van der Waals surface area contributed by atoms with Crippen LogP contribution in [0.2, 0.25) is 0 Å². The second-order valence-electron chi connectivity index (χ2n) is 8.28. The molecule has 0 heterocycles. The molecule has 1 heteroatoms. The normalized spacial score (nSPS) is 11.1. The molecule has 32 heavy (non-hydrogen) atoms. The molecule has 0 N–H and O–H groups in total. The average molecular weight is 417 g/mol. The predicted octanol–water partition coefficient (Wildman–Crippen LogP) is 8.93. The average Bonchev–Trinajstić information content (AvgIpc) is 2.84. The van der Waals surface area contributed by atoms with E-state index < -0.39 is 0 Å². The number of hydrogen-bond donors (Lipinski definition) is 0. The highest BCUT2D eigenvalue weighted by molar-refractivity contribution is 5.87. The van der Waals surface area contributed by atoms with Crippen molar-refractivity contribution in [1.29, 1.82) is 0 Å². The van der Waals surface area contributed by atoms with E-state index in [4.69, 9.17) is 0 Å². The van der Waals surface area contributed by atoms with Gasteiger partial charge >= 0.3 is 0 Å². The van der Waals surface area contributed by atoms with Crippen molar-refractivity contribution >= 4 is 10.8 Å². The SMILES string of the molecule is CCCc1ccc(-c2ccc(-c3ccc(-c4ccc5ccccc5c4)cc3)c(F)c2)cc1. The number of aryl methyl sites for hydroxylation is 1. The smallest absolute Gasteiger partial charge is 0.131 e. The maximum Gasteiger partial charge on any atom is 0.131 e. The van der Waals surface area contributed by atoms with Gasteiger partial charge in [-0.15, -0.1) is 0 Å². The molecule has 0 aliphatic rings. The molecule has 0 unspecified atom stereocenters. The van der Waals surface area contributed by atoms with Crippen LogP contribution in [0.3, 0.4) is 0 Å². The molecular formula is C31H25F. The summed E-state index contributed by atoms with van der Waals surface area (Å²) in [5.41, 5.74) is 7.07. The van der Waals surface area contributed by atoms with Gasteiger partial charge < -0.3 is 0 Å². The van der Waals surface area contributed by atoms with E-state index in [-0.39, 0.29) is 5.82 Å². The van der Waals surface area contributed by atoms with Crippen molar-refractivity contribution in [3.8, 4) is 33.4 Å². The quantitative estimate of drug-likeness (QED) is 0.268. The molecular weight excluding hydrogens is 391 g/mol. The summed E-state index contributed by atoms with van der Waals surface area (Å²) >= 11 is 0. The summed E-state index contributed by atoms with van der Waals surface area (Å²) in [6.07, 6.45) is 2.20. The fourth-order valence-corrected chi connectivity index (χ4v) is 4.29. The zero-order chi connectivity index (χ0) is 21.9. The first-order valence-electron chi connectivity index (χ1n) is 11.2. The molecule has 156 valence electrons. The Balaban J connectivity index is 1.40. The molecule has 5 aromatic carbocycles. The molecule has 0 amide bonds. The van der Waals surface area contributed by atoms with Crippen LogP contribution < -0.4 is 0 Å². The van der Waals surface area contributed by atoms with Crippen LogP contribution in [0, 0.1) is 5.82 Å². The highest BCUT2D eigenvalue weighted by atomic mass is 19.1. The summed E-state index contributed by atoms with van der Waals surface area (Å²) in [5, 5.41) is 2.45. The Labute approximate surface area is 189 Å². The minimum absolute atomic E-state index is 0.196. The topological polar surface area (TPSA) is 0 Å². The zero-order valence-corrected chi connectivity index (χ0v) is 18.2. The van der Waals surface area contributed by atoms with Crippen LogP contribution in [0.5, 0.6) is 0 Å². The molecule has 0 spiro atoms. The van der Waals surface area contributed by atoms with E-state index in [2.05, 4.69) is 85.8 Å². The number of fused-ring (bicyclic) bond motifs is 1. The van der Waals surface area contributed by atoms with E-state index in [1.165, 1.54) is 16.3 Å². The highest BCUT2D eigenvalue weighted by Gasteiger charge is 2.09. The van der Waals surface area contributed by atoms with Crippen molar-refractivity contribution in [2.75, 3.05) is 0 Å². The highest BCUT2D eigenvalue weighted by Crippen LogP contribution is 2.31. The third kappa shape index (κ3) is 4.07. The second-order valence-corrected chi connectivity index (χ2v) is 8.28. The third-order valence-electron chi connectivity index (χ3n) is 6.07. The Bertz CT molecular complexity index is 1360. The lowest BCUT2D eigenvalue weighted by molar-refractivity contribution is 0.632. The molecule has 0 aliphatic carbocycles. The van der Waals surface area contributed by atoms with Crippen LogP contribution in [0.4, 0.5) is 4.39 Å². The van der Waals surface area contributed by atoms with Crippen molar-refractivity contribution in [3.05, 3.63) is 121 Å². The maximum atomic E-state index is 15.0. The van der Waals surface area contributed by atoms with E-state index in [1.54, 1.807) is 6.07 Å². The lowest BCUT2D eigenvalue weighted by atomic mass is 9.96. The Morgan fingerprint density at radius 1 is 0.531 bits per heavy atom. The number of halogens is 1. The lowest BCUT2D eigenvalue weighted by Gasteiger charge is -2.09. The maximum absolute atomic E-state index is 15.0. The minimum Gasteiger partial charge on any atom is -0.206 e. The van der Waals surface area contributed by atoms with Crippen LogP contribution >= 0.6 is 0 Å². The summed E-state index contributed by atoms with van der Waals surface area (Å²) in [5.74, 6) is -0.196. The Kier molecular flexibility index (Phi) is 5.56. The van der Waals surface area contributed by atoms with Gasteiger partial charge in [0, 0.05) is 5.56 Å². The molecule has 0 radical (unpaired) electrons. The first-order chi connectivity index (χ1) is 15.7. The van der Waals surface area contributed by atoms with Gasteiger partial charge in [-0.25, -0.2) is 4.39 Å². The van der Waals surface area contributed by atoms with Crippen LogP contribution in [-0.2, 0) is 6.42 Å². The van der Waals surface area contributed by atoms with E-state index >= 15 is 4.39 Å². The molecule has 0 atom stereocenters. The van der Waals surface area contributed by atoms with Crippen molar-refractivity contribution < 1.29 is 4.39 Å². The Hall–Kier alpha value is -3.71. The van der Waals surface area contributed by atoms with Gasteiger partial charge in [-0.3, -0.25) is 0 Å². The van der Waals surface area contributed by atoms with Gasteiger partial charge in [0.05, 0.1) is 0 Å². The van der Waals surface area contributed by atoms with Gasteiger partial charge in [-0.2, -0.15) is 0 Å². The van der Waals surface area contributed by atoms with Gasteiger partial charge in [-0.05, 0) is 62.7 Å². The van der Waals surface area contributed by atoms with Gasteiger partial charge in [0.1, 0.15) is 5.82 Å². The molecule has 0 nitrogen and oxygen atoms in total. The van der Waals surface area contributed by atoms with Crippen LogP contribution in [0.25, 0.3) is 44.2 Å². The molecule has 5 aromatic rings. The van der Waals surface area contributed by atoms with Crippen molar-refractivity contribution in [2.45, 2.75) is 19.8 Å². The summed E-state index contributed by atoms with van der Waals surface area (Å²) in [4.78, 5) is 0. The van der Waals surface area contributed by atoms with Gasteiger partial charge in [0.2, 0.25) is 0 Å². The first kappa shape index (κ1) is 20.2. The van der Waals surface area contributed by atoms with E-state index in [0.717, 1.165) is 40.7 Å². The number of hydrogen-bond acceptors (Lipinski definition) is 0. The zero-order valence-electron chi connectivity index (χ0n) is 18.2. The first-order valence-corrected chi connectivity index (χ1v) is 11.2. The van der Waals surface area contributed by atoms with Crippen LogP contribution in [0.15, 0.2) is 109 Å². The molecule has 0 fully saturated rings. The summed E-state index contributed by atoms with van der Waals surface area (Å²) in [7, 11) is 0. The monoisotopic (exact) mass is 416 g/mol. The second kappa shape index (κ2) is 8.80. The lowest BCUT2D eigenvalue weighted by Crippen LogP contribution is -1.88. The molecule has 0 bridgehead atoms. The number of rotatable bonds is 5. The van der Waals surface area contributed by atoms with Gasteiger partial charge in [0.15, 0.2) is 0 Å².